The van der Waals surface area contributed by atoms with Crippen molar-refractivity contribution < 1.29 is 0 Å². The lowest BCUT2D eigenvalue weighted by molar-refractivity contribution is -0.111. The Balaban J connectivity index is 1.62. The summed E-state index contributed by atoms with van der Waals surface area (Å²) in [6.07, 6.45) is 16.9. The average Bonchev–Trinajstić information content (AvgIpc) is 2.79. The zero-order chi connectivity index (χ0) is 16.2. The molecule has 132 valence electrons. The topological polar surface area (TPSA) is 0 Å². The number of fused-ring (bicyclic) bond motifs is 5. The van der Waals surface area contributed by atoms with Crippen LogP contribution < -0.4 is 0 Å². The summed E-state index contributed by atoms with van der Waals surface area (Å²) in [5, 5.41) is 0. The first kappa shape index (κ1) is 16.5. The maximum Gasteiger partial charge on any atom is -0.0264 e. The van der Waals surface area contributed by atoms with Gasteiger partial charge in [0.05, 0.1) is 0 Å². The molecule has 8 atom stereocenters. The van der Waals surface area contributed by atoms with Gasteiger partial charge in [-0.2, -0.15) is 0 Å². The summed E-state index contributed by atoms with van der Waals surface area (Å²) in [6.45, 7) is 10.4. The van der Waals surface area contributed by atoms with Crippen molar-refractivity contribution in [1.29, 1.82) is 0 Å². The molecule has 0 N–H and O–H groups in total. The molecule has 0 aromatic carbocycles. The van der Waals surface area contributed by atoms with Crippen molar-refractivity contribution in [3.05, 3.63) is 0 Å². The van der Waals surface area contributed by atoms with Gasteiger partial charge in [0, 0.05) is 0 Å². The van der Waals surface area contributed by atoms with E-state index in [0.29, 0.717) is 10.8 Å². The van der Waals surface area contributed by atoms with Crippen LogP contribution in [0, 0.1) is 46.3 Å². The second kappa shape index (κ2) is 5.77. The molecule has 0 aromatic rings. The monoisotopic (exact) mass is 316 g/mol. The summed E-state index contributed by atoms with van der Waals surface area (Å²) in [5.74, 6) is 6.31. The SMILES string of the molecule is CCC[C@H]1C(C)C[C@H]2[C@@H]3CCC4CCCC[C@]4(C)[C@H]3CC[C@]12C. The van der Waals surface area contributed by atoms with Crippen molar-refractivity contribution in [2.45, 2.75) is 98.3 Å². The van der Waals surface area contributed by atoms with E-state index in [-0.39, 0.29) is 0 Å². The highest BCUT2D eigenvalue weighted by molar-refractivity contribution is 5.09. The van der Waals surface area contributed by atoms with Crippen LogP contribution in [0.3, 0.4) is 0 Å². The van der Waals surface area contributed by atoms with Crippen LogP contribution in [0.4, 0.5) is 0 Å². The smallest absolute Gasteiger partial charge is 0.0264 e. The fourth-order valence-corrected chi connectivity index (χ4v) is 8.69. The lowest BCUT2D eigenvalue weighted by Gasteiger charge is -2.60. The Morgan fingerprint density at radius 3 is 2.48 bits per heavy atom. The molecule has 0 saturated heterocycles. The van der Waals surface area contributed by atoms with Crippen LogP contribution in [0.5, 0.6) is 0 Å². The molecule has 4 fully saturated rings. The Labute approximate surface area is 145 Å². The van der Waals surface area contributed by atoms with Gasteiger partial charge < -0.3 is 0 Å². The summed E-state index contributed by atoms with van der Waals surface area (Å²) in [6, 6.07) is 0. The van der Waals surface area contributed by atoms with E-state index in [9.17, 15) is 0 Å². The predicted octanol–water partition coefficient (Wildman–Crippen LogP) is 7.08. The average molecular weight is 317 g/mol. The van der Waals surface area contributed by atoms with Crippen LogP contribution in [0.2, 0.25) is 0 Å². The fraction of sp³-hybridized carbons (Fsp3) is 1.00. The van der Waals surface area contributed by atoms with Gasteiger partial charge in [-0.05, 0) is 97.7 Å². The van der Waals surface area contributed by atoms with Gasteiger partial charge in [-0.25, -0.2) is 0 Å². The van der Waals surface area contributed by atoms with Crippen LogP contribution >= 0.6 is 0 Å². The van der Waals surface area contributed by atoms with Crippen molar-refractivity contribution in [2.75, 3.05) is 0 Å². The molecule has 0 heteroatoms. The van der Waals surface area contributed by atoms with Crippen LogP contribution in [0.25, 0.3) is 0 Å². The van der Waals surface area contributed by atoms with Crippen LogP contribution in [0.15, 0.2) is 0 Å². The van der Waals surface area contributed by atoms with Crippen molar-refractivity contribution in [3.63, 3.8) is 0 Å². The highest BCUT2D eigenvalue weighted by atomic mass is 14.6. The van der Waals surface area contributed by atoms with Gasteiger partial charge in [0.2, 0.25) is 0 Å². The predicted molar refractivity (Wildman–Crippen MR) is 99.3 cm³/mol. The van der Waals surface area contributed by atoms with E-state index in [0.717, 1.165) is 35.5 Å². The number of rotatable bonds is 2. The van der Waals surface area contributed by atoms with E-state index in [4.69, 9.17) is 0 Å². The van der Waals surface area contributed by atoms with Gasteiger partial charge in [-0.1, -0.05) is 47.0 Å². The first-order chi connectivity index (χ1) is 11.0. The molecule has 4 saturated carbocycles. The third-order valence-electron chi connectivity index (χ3n) is 9.78. The first-order valence-corrected chi connectivity index (χ1v) is 11.0. The lowest BCUT2D eigenvalue weighted by atomic mass is 9.45. The molecule has 0 bridgehead atoms. The molecule has 0 aliphatic heterocycles. The van der Waals surface area contributed by atoms with Gasteiger partial charge in [-0.15, -0.1) is 0 Å². The van der Waals surface area contributed by atoms with E-state index in [1.54, 1.807) is 44.9 Å². The molecular formula is C23H40. The highest BCUT2D eigenvalue weighted by Crippen LogP contribution is 2.68. The molecule has 4 rings (SSSR count). The fourth-order valence-electron chi connectivity index (χ4n) is 8.69. The van der Waals surface area contributed by atoms with Crippen molar-refractivity contribution in [1.82, 2.24) is 0 Å². The third kappa shape index (κ3) is 2.29. The van der Waals surface area contributed by atoms with Crippen LogP contribution in [-0.2, 0) is 0 Å². The molecule has 2 unspecified atom stereocenters. The minimum Gasteiger partial charge on any atom is -0.0654 e. The van der Waals surface area contributed by atoms with Crippen molar-refractivity contribution in [3.8, 4) is 0 Å². The number of hydrogen-bond acceptors (Lipinski definition) is 0. The molecule has 0 heterocycles. The van der Waals surface area contributed by atoms with Gasteiger partial charge in [0.25, 0.3) is 0 Å². The van der Waals surface area contributed by atoms with E-state index >= 15 is 0 Å². The van der Waals surface area contributed by atoms with Gasteiger partial charge in [-0.3, -0.25) is 0 Å². The largest absolute Gasteiger partial charge is 0.0654 e. The van der Waals surface area contributed by atoms with E-state index in [1.165, 1.54) is 25.7 Å². The van der Waals surface area contributed by atoms with E-state index < -0.39 is 0 Å². The van der Waals surface area contributed by atoms with Gasteiger partial charge in [0.15, 0.2) is 0 Å². The first-order valence-electron chi connectivity index (χ1n) is 11.0. The van der Waals surface area contributed by atoms with Gasteiger partial charge >= 0.3 is 0 Å². The maximum absolute atomic E-state index is 2.72. The zero-order valence-electron chi connectivity index (χ0n) is 16.2. The molecular weight excluding hydrogens is 276 g/mol. The standard InChI is InChI=1S/C23H40/c1-5-8-19-16(2)15-21-18-11-10-17-9-6-7-13-22(17,3)20(18)12-14-23(19,21)4/h16-21H,5-15H2,1-4H3/t16?,17?,18-,19+,20+,21+,22+,23-/m1/s1. The van der Waals surface area contributed by atoms with E-state index in [2.05, 4.69) is 27.7 Å². The Bertz CT molecular complexity index is 439. The summed E-state index contributed by atoms with van der Waals surface area (Å²) in [7, 11) is 0. The Hall–Kier alpha value is 0. The normalized spacial score (nSPS) is 55.8. The Morgan fingerprint density at radius 1 is 0.870 bits per heavy atom. The van der Waals surface area contributed by atoms with Crippen LogP contribution in [0.1, 0.15) is 98.3 Å². The Morgan fingerprint density at radius 2 is 1.70 bits per heavy atom. The molecule has 4 aliphatic rings. The minimum absolute atomic E-state index is 0.689. The van der Waals surface area contributed by atoms with Gasteiger partial charge in [0.1, 0.15) is 0 Å². The van der Waals surface area contributed by atoms with Crippen molar-refractivity contribution in [2.24, 2.45) is 46.3 Å². The van der Waals surface area contributed by atoms with Crippen LogP contribution in [-0.4, -0.2) is 0 Å². The lowest BCUT2D eigenvalue weighted by Crippen LogP contribution is -2.52. The van der Waals surface area contributed by atoms with E-state index in [1.807, 2.05) is 0 Å². The minimum atomic E-state index is 0.689. The zero-order valence-corrected chi connectivity index (χ0v) is 16.2. The molecule has 0 aromatic heterocycles. The maximum atomic E-state index is 2.72. The summed E-state index contributed by atoms with van der Waals surface area (Å²) in [4.78, 5) is 0. The summed E-state index contributed by atoms with van der Waals surface area (Å²) in [5.41, 5.74) is 1.41. The Kier molecular flexibility index (Phi) is 4.13. The number of hydrogen-bond donors (Lipinski definition) is 0. The van der Waals surface area contributed by atoms with Crippen molar-refractivity contribution >= 4 is 0 Å². The second-order valence-electron chi connectivity index (χ2n) is 10.6. The molecule has 0 nitrogen and oxygen atoms in total. The quantitative estimate of drug-likeness (QED) is 0.510. The molecule has 4 aliphatic carbocycles. The molecule has 0 radical (unpaired) electrons. The summed E-state index contributed by atoms with van der Waals surface area (Å²) >= 11 is 0. The molecule has 23 heavy (non-hydrogen) atoms. The third-order valence-corrected chi connectivity index (χ3v) is 9.78. The highest BCUT2D eigenvalue weighted by Gasteiger charge is 2.60. The summed E-state index contributed by atoms with van der Waals surface area (Å²) < 4.78 is 0. The second-order valence-corrected chi connectivity index (χ2v) is 10.6. The molecule has 0 spiro atoms. The molecule has 0 amide bonds.